The summed E-state index contributed by atoms with van der Waals surface area (Å²) in [6.07, 6.45) is 1.53. The number of anilines is 3. The maximum atomic E-state index is 13.8. The zero-order valence-corrected chi connectivity index (χ0v) is 21.7. The van der Waals surface area contributed by atoms with Gasteiger partial charge in [0.2, 0.25) is 0 Å². The molecule has 2 heterocycles. The summed E-state index contributed by atoms with van der Waals surface area (Å²) in [7, 11) is 1.56. The Kier molecular flexibility index (Phi) is 6.70. The number of nitrogens with zero attached hydrogens (tertiary/aromatic N) is 2. The Balaban J connectivity index is 1.55. The second-order valence-corrected chi connectivity index (χ2v) is 9.31. The number of rotatable bonds is 6. The number of aryl methyl sites for hydroxylation is 2. The van der Waals surface area contributed by atoms with Crippen LogP contribution in [0.1, 0.15) is 40.0 Å². The molecule has 0 saturated carbocycles. The molecule has 1 aliphatic rings. The summed E-state index contributed by atoms with van der Waals surface area (Å²) in [4.78, 5) is 27.0. The van der Waals surface area contributed by atoms with E-state index in [0.717, 1.165) is 16.7 Å². The third kappa shape index (κ3) is 4.76. The Morgan fingerprint density at radius 3 is 2.37 bits per heavy atom. The van der Waals surface area contributed by atoms with E-state index in [1.807, 2.05) is 81.4 Å². The predicted molar refractivity (Wildman–Crippen MR) is 149 cm³/mol. The number of para-hydroxylation sites is 2. The van der Waals surface area contributed by atoms with Crippen molar-refractivity contribution in [2.24, 2.45) is 0 Å². The van der Waals surface area contributed by atoms with Crippen LogP contribution in [0.25, 0.3) is 0 Å². The molecule has 1 aromatic heterocycles. The molecule has 1 atom stereocenters. The molecule has 3 N–H and O–H groups in total. The summed E-state index contributed by atoms with van der Waals surface area (Å²) < 4.78 is 7.12. The van der Waals surface area contributed by atoms with Crippen LogP contribution < -0.4 is 20.7 Å². The van der Waals surface area contributed by atoms with E-state index in [9.17, 15) is 9.59 Å². The Morgan fingerprint density at radius 2 is 1.63 bits per heavy atom. The molecule has 0 unspecified atom stereocenters. The zero-order valence-electron chi connectivity index (χ0n) is 21.7. The number of amides is 2. The molecule has 38 heavy (non-hydrogen) atoms. The highest BCUT2D eigenvalue weighted by Crippen LogP contribution is 2.38. The third-order valence-corrected chi connectivity index (χ3v) is 6.50. The molecule has 0 saturated heterocycles. The Morgan fingerprint density at radius 1 is 0.895 bits per heavy atom. The standard InChI is InChI=1S/C30H29N5O3/c1-18-9-7-11-21(15-18)27-26(30(37)34-24-13-5-6-14-25(24)38-4)20(3)32-28-23(17-31-35(27)28)29(36)33-22-12-8-10-19(2)16-22/h5-17,27,32H,1-4H3,(H,33,36)(H,34,37)/t27-/m0/s1. The van der Waals surface area contributed by atoms with Crippen molar-refractivity contribution in [1.29, 1.82) is 0 Å². The first-order valence-corrected chi connectivity index (χ1v) is 12.3. The Bertz CT molecular complexity index is 1570. The summed E-state index contributed by atoms with van der Waals surface area (Å²) in [5.41, 5.74) is 5.73. The first-order chi connectivity index (χ1) is 18.4. The molecular formula is C30H29N5O3. The van der Waals surface area contributed by atoms with Gasteiger partial charge in [-0.05, 0) is 56.2 Å². The van der Waals surface area contributed by atoms with Gasteiger partial charge in [-0.2, -0.15) is 5.10 Å². The third-order valence-electron chi connectivity index (χ3n) is 6.50. The first-order valence-electron chi connectivity index (χ1n) is 12.3. The highest BCUT2D eigenvalue weighted by molar-refractivity contribution is 6.09. The lowest BCUT2D eigenvalue weighted by atomic mass is 9.93. The van der Waals surface area contributed by atoms with Crippen LogP contribution in [0.5, 0.6) is 5.75 Å². The predicted octanol–water partition coefficient (Wildman–Crippen LogP) is 5.69. The summed E-state index contributed by atoms with van der Waals surface area (Å²) in [6.45, 7) is 5.80. The fraction of sp³-hybridized carbons (Fsp3) is 0.167. The lowest BCUT2D eigenvalue weighted by Gasteiger charge is -2.30. The van der Waals surface area contributed by atoms with E-state index in [-0.39, 0.29) is 11.8 Å². The van der Waals surface area contributed by atoms with E-state index >= 15 is 0 Å². The van der Waals surface area contributed by atoms with Gasteiger partial charge in [0.15, 0.2) is 0 Å². The van der Waals surface area contributed by atoms with Crippen molar-refractivity contribution in [2.45, 2.75) is 26.8 Å². The van der Waals surface area contributed by atoms with Crippen molar-refractivity contribution < 1.29 is 14.3 Å². The molecule has 3 aromatic carbocycles. The van der Waals surface area contributed by atoms with Gasteiger partial charge in [-0.25, -0.2) is 4.68 Å². The van der Waals surface area contributed by atoms with Crippen LogP contribution in [0, 0.1) is 13.8 Å². The zero-order chi connectivity index (χ0) is 26.8. The molecule has 1 aliphatic heterocycles. The molecule has 8 nitrogen and oxygen atoms in total. The van der Waals surface area contributed by atoms with Crippen LogP contribution in [0.3, 0.4) is 0 Å². The van der Waals surface area contributed by atoms with Gasteiger partial charge in [0.1, 0.15) is 23.2 Å². The largest absolute Gasteiger partial charge is 0.495 e. The molecule has 0 radical (unpaired) electrons. The van der Waals surface area contributed by atoms with Crippen molar-refractivity contribution in [1.82, 2.24) is 9.78 Å². The number of nitrogens with one attached hydrogen (secondary N) is 3. The van der Waals surface area contributed by atoms with E-state index in [4.69, 9.17) is 4.74 Å². The van der Waals surface area contributed by atoms with Gasteiger partial charge in [0.25, 0.3) is 11.8 Å². The van der Waals surface area contributed by atoms with Gasteiger partial charge in [-0.15, -0.1) is 0 Å². The normalized spacial score (nSPS) is 14.4. The summed E-state index contributed by atoms with van der Waals surface area (Å²) in [5, 5.41) is 13.8. The number of carbonyl (C=O) groups excluding carboxylic acids is 2. The van der Waals surface area contributed by atoms with Gasteiger partial charge in [0, 0.05) is 11.4 Å². The minimum atomic E-state index is -0.554. The topological polar surface area (TPSA) is 97.3 Å². The minimum absolute atomic E-state index is 0.290. The minimum Gasteiger partial charge on any atom is -0.495 e. The van der Waals surface area contributed by atoms with Crippen LogP contribution in [0.15, 0.2) is 90.3 Å². The van der Waals surface area contributed by atoms with Crippen molar-refractivity contribution in [3.8, 4) is 5.75 Å². The summed E-state index contributed by atoms with van der Waals surface area (Å²) in [5.74, 6) is 0.498. The van der Waals surface area contributed by atoms with Crippen LogP contribution in [-0.2, 0) is 4.79 Å². The van der Waals surface area contributed by atoms with Gasteiger partial charge in [-0.3, -0.25) is 9.59 Å². The van der Waals surface area contributed by atoms with Gasteiger partial charge >= 0.3 is 0 Å². The highest BCUT2D eigenvalue weighted by Gasteiger charge is 2.35. The van der Waals surface area contributed by atoms with Crippen LogP contribution in [-0.4, -0.2) is 28.7 Å². The van der Waals surface area contributed by atoms with Gasteiger partial charge in [-0.1, -0.05) is 54.1 Å². The smallest absolute Gasteiger partial charge is 0.261 e. The highest BCUT2D eigenvalue weighted by atomic mass is 16.5. The van der Waals surface area contributed by atoms with Crippen LogP contribution >= 0.6 is 0 Å². The molecule has 192 valence electrons. The number of hydrogen-bond acceptors (Lipinski definition) is 5. The maximum Gasteiger partial charge on any atom is 0.261 e. The molecule has 8 heteroatoms. The van der Waals surface area contributed by atoms with Crippen molar-refractivity contribution in [2.75, 3.05) is 23.1 Å². The fourth-order valence-corrected chi connectivity index (χ4v) is 4.72. The lowest BCUT2D eigenvalue weighted by Crippen LogP contribution is -2.32. The van der Waals surface area contributed by atoms with Crippen molar-refractivity contribution in [3.63, 3.8) is 0 Å². The summed E-state index contributed by atoms with van der Waals surface area (Å²) in [6, 6.07) is 22.3. The van der Waals surface area contributed by atoms with Gasteiger partial charge in [0.05, 0.1) is 24.6 Å². The SMILES string of the molecule is COc1ccccc1NC(=O)C1=C(C)Nc2c(C(=O)Nc3cccc(C)c3)cnn2[C@H]1c1cccc(C)c1. The number of hydrogen-bond donors (Lipinski definition) is 3. The van der Waals surface area contributed by atoms with Crippen LogP contribution in [0.2, 0.25) is 0 Å². The number of benzene rings is 3. The molecule has 0 aliphatic carbocycles. The van der Waals surface area contributed by atoms with E-state index in [1.54, 1.807) is 23.9 Å². The second-order valence-electron chi connectivity index (χ2n) is 9.31. The first kappa shape index (κ1) is 24.8. The molecule has 0 bridgehead atoms. The Labute approximate surface area is 221 Å². The van der Waals surface area contributed by atoms with E-state index in [0.29, 0.717) is 39.8 Å². The second kappa shape index (κ2) is 10.3. The van der Waals surface area contributed by atoms with Crippen molar-refractivity contribution in [3.05, 3.63) is 113 Å². The average Bonchev–Trinajstić information content (AvgIpc) is 3.31. The fourth-order valence-electron chi connectivity index (χ4n) is 4.72. The maximum absolute atomic E-state index is 13.8. The number of allylic oxidation sites excluding steroid dienone is 1. The molecule has 2 amide bonds. The monoisotopic (exact) mass is 507 g/mol. The lowest BCUT2D eigenvalue weighted by molar-refractivity contribution is -0.113. The molecule has 0 spiro atoms. The number of ether oxygens (including phenoxy) is 1. The Hall–Kier alpha value is -4.85. The number of fused-ring (bicyclic) bond motifs is 1. The van der Waals surface area contributed by atoms with Crippen molar-refractivity contribution >= 4 is 29.0 Å². The van der Waals surface area contributed by atoms with E-state index < -0.39 is 6.04 Å². The quantitative estimate of drug-likeness (QED) is 0.312. The van der Waals surface area contributed by atoms with Gasteiger partial charge < -0.3 is 20.7 Å². The number of methoxy groups -OCH3 is 1. The van der Waals surface area contributed by atoms with Crippen LogP contribution in [0.4, 0.5) is 17.2 Å². The molecule has 4 aromatic rings. The molecule has 5 rings (SSSR count). The molecular weight excluding hydrogens is 478 g/mol. The number of carbonyl (C=O) groups is 2. The van der Waals surface area contributed by atoms with E-state index in [2.05, 4.69) is 21.0 Å². The molecule has 0 fully saturated rings. The van der Waals surface area contributed by atoms with E-state index in [1.165, 1.54) is 6.20 Å². The average molecular weight is 508 g/mol. The number of aromatic nitrogens is 2. The summed E-state index contributed by atoms with van der Waals surface area (Å²) >= 11 is 0.